The predicted octanol–water partition coefficient (Wildman–Crippen LogP) is 4.19. The number of nitrogens with zero attached hydrogens (tertiary/aromatic N) is 3. The number of alkyl halides is 3. The fraction of sp³-hybridized carbons (Fsp3) is 0.500. The van der Waals surface area contributed by atoms with Crippen molar-refractivity contribution in [2.75, 3.05) is 20.1 Å². The third-order valence-electron chi connectivity index (χ3n) is 4.94. The number of aliphatic hydroxyl groups excluding tert-OH is 1. The van der Waals surface area contributed by atoms with E-state index in [1.54, 1.807) is 12.1 Å². The summed E-state index contributed by atoms with van der Waals surface area (Å²) in [6.07, 6.45) is -4.59. The van der Waals surface area contributed by atoms with Crippen LogP contribution in [0.2, 0.25) is 0 Å². The Kier molecular flexibility index (Phi) is 7.01. The Bertz CT molecular complexity index is 771. The fourth-order valence-corrected chi connectivity index (χ4v) is 3.12. The van der Waals surface area contributed by atoms with Crippen LogP contribution in [0.25, 0.3) is 11.3 Å². The molecule has 2 N–H and O–H groups in total. The van der Waals surface area contributed by atoms with Crippen molar-refractivity contribution in [2.24, 2.45) is 5.92 Å². The molecule has 0 aliphatic heterocycles. The number of aromatic nitrogens is 2. The highest BCUT2D eigenvalue weighted by Gasteiger charge is 2.32. The standard InChI is InChI=1S/C20H26F3N3O2/c1-5-13(11-26(4)6-2)19(28)16-8-7-15(24-25-16)18-12(3)9-14(10-17(18)27)20(21,22)23/h7-10,13,19,27-28H,5-6,11H2,1-4H3. The molecule has 154 valence electrons. The smallest absolute Gasteiger partial charge is 0.416 e. The van der Waals surface area contributed by atoms with Gasteiger partial charge in [-0.05, 0) is 56.8 Å². The van der Waals surface area contributed by atoms with Gasteiger partial charge in [0.05, 0.1) is 17.0 Å². The highest BCUT2D eigenvalue weighted by atomic mass is 19.4. The molecule has 0 saturated heterocycles. The molecule has 0 aliphatic rings. The number of phenolic OH excluding ortho intramolecular Hbond substituents is 1. The predicted molar refractivity (Wildman–Crippen MR) is 101 cm³/mol. The van der Waals surface area contributed by atoms with Crippen molar-refractivity contribution in [2.45, 2.75) is 39.5 Å². The largest absolute Gasteiger partial charge is 0.507 e. The average molecular weight is 397 g/mol. The third-order valence-corrected chi connectivity index (χ3v) is 4.94. The van der Waals surface area contributed by atoms with E-state index in [1.165, 1.54) is 6.92 Å². The van der Waals surface area contributed by atoms with E-state index < -0.39 is 23.6 Å². The maximum atomic E-state index is 12.9. The van der Waals surface area contributed by atoms with E-state index >= 15 is 0 Å². The molecular weight excluding hydrogens is 371 g/mol. The zero-order valence-corrected chi connectivity index (χ0v) is 16.5. The van der Waals surface area contributed by atoms with E-state index in [2.05, 4.69) is 15.1 Å². The van der Waals surface area contributed by atoms with Crippen LogP contribution in [-0.2, 0) is 6.18 Å². The Morgan fingerprint density at radius 3 is 2.29 bits per heavy atom. The van der Waals surface area contributed by atoms with Gasteiger partial charge in [-0.15, -0.1) is 0 Å². The average Bonchev–Trinajstić information content (AvgIpc) is 2.64. The van der Waals surface area contributed by atoms with Crippen molar-refractivity contribution in [3.05, 3.63) is 41.1 Å². The normalized spacial score (nSPS) is 14.3. The summed E-state index contributed by atoms with van der Waals surface area (Å²) in [5.41, 5.74) is 0.157. The van der Waals surface area contributed by atoms with Crippen LogP contribution in [0.1, 0.15) is 43.2 Å². The number of benzene rings is 1. The number of aryl methyl sites for hydroxylation is 1. The maximum Gasteiger partial charge on any atom is 0.416 e. The van der Waals surface area contributed by atoms with Gasteiger partial charge >= 0.3 is 6.18 Å². The van der Waals surface area contributed by atoms with Gasteiger partial charge < -0.3 is 15.1 Å². The first-order chi connectivity index (χ1) is 13.1. The lowest BCUT2D eigenvalue weighted by Crippen LogP contribution is -2.29. The summed E-state index contributed by atoms with van der Waals surface area (Å²) in [4.78, 5) is 2.10. The van der Waals surface area contributed by atoms with Gasteiger partial charge in [0, 0.05) is 18.0 Å². The second-order valence-corrected chi connectivity index (χ2v) is 7.00. The van der Waals surface area contributed by atoms with Crippen LogP contribution in [0.4, 0.5) is 13.2 Å². The summed E-state index contributed by atoms with van der Waals surface area (Å²) in [6, 6.07) is 4.79. The SMILES string of the molecule is CCC(CN(C)CC)C(O)c1ccc(-c2c(C)cc(C(F)(F)F)cc2O)nn1. The van der Waals surface area contributed by atoms with E-state index in [-0.39, 0.29) is 22.7 Å². The highest BCUT2D eigenvalue weighted by molar-refractivity contribution is 5.71. The molecule has 0 amide bonds. The molecule has 0 saturated carbocycles. The van der Waals surface area contributed by atoms with Gasteiger partial charge in [0.1, 0.15) is 11.9 Å². The summed E-state index contributed by atoms with van der Waals surface area (Å²) >= 11 is 0. The van der Waals surface area contributed by atoms with E-state index in [0.29, 0.717) is 18.3 Å². The molecule has 1 aromatic heterocycles. The quantitative estimate of drug-likeness (QED) is 0.733. The van der Waals surface area contributed by atoms with Gasteiger partial charge in [0.25, 0.3) is 0 Å². The molecule has 2 atom stereocenters. The molecule has 2 unspecified atom stereocenters. The molecule has 0 radical (unpaired) electrons. The van der Waals surface area contributed by atoms with Crippen LogP contribution in [0.3, 0.4) is 0 Å². The highest BCUT2D eigenvalue weighted by Crippen LogP contribution is 2.38. The number of aromatic hydroxyl groups is 1. The Morgan fingerprint density at radius 1 is 1.14 bits per heavy atom. The van der Waals surface area contributed by atoms with Crippen molar-refractivity contribution in [1.29, 1.82) is 0 Å². The molecule has 0 fully saturated rings. The zero-order chi connectivity index (χ0) is 21.1. The first-order valence-electron chi connectivity index (χ1n) is 9.19. The van der Waals surface area contributed by atoms with Crippen molar-refractivity contribution < 1.29 is 23.4 Å². The molecule has 0 spiro atoms. The van der Waals surface area contributed by atoms with Crippen LogP contribution >= 0.6 is 0 Å². The van der Waals surface area contributed by atoms with Crippen LogP contribution in [-0.4, -0.2) is 45.4 Å². The summed E-state index contributed by atoms with van der Waals surface area (Å²) in [5.74, 6) is -0.530. The third kappa shape index (κ3) is 4.99. The Morgan fingerprint density at radius 2 is 1.82 bits per heavy atom. The van der Waals surface area contributed by atoms with E-state index in [4.69, 9.17) is 0 Å². The number of hydrogen-bond donors (Lipinski definition) is 2. The Hall–Kier alpha value is -2.19. The lowest BCUT2D eigenvalue weighted by atomic mass is 9.95. The summed E-state index contributed by atoms with van der Waals surface area (Å²) in [6.45, 7) is 7.06. The molecule has 28 heavy (non-hydrogen) atoms. The molecular formula is C20H26F3N3O2. The van der Waals surface area contributed by atoms with Crippen molar-refractivity contribution in [1.82, 2.24) is 15.1 Å². The molecule has 0 bridgehead atoms. The molecule has 8 heteroatoms. The molecule has 5 nitrogen and oxygen atoms in total. The van der Waals surface area contributed by atoms with Gasteiger partial charge in [-0.25, -0.2) is 0 Å². The van der Waals surface area contributed by atoms with Gasteiger partial charge in [-0.2, -0.15) is 23.4 Å². The molecule has 1 aromatic carbocycles. The first kappa shape index (κ1) is 22.1. The molecule has 1 heterocycles. The monoisotopic (exact) mass is 397 g/mol. The van der Waals surface area contributed by atoms with Gasteiger partial charge in [-0.1, -0.05) is 13.8 Å². The zero-order valence-electron chi connectivity index (χ0n) is 16.5. The molecule has 0 aliphatic carbocycles. The number of halogens is 3. The van der Waals surface area contributed by atoms with Gasteiger partial charge in [0.2, 0.25) is 0 Å². The summed E-state index contributed by atoms with van der Waals surface area (Å²) in [7, 11) is 1.97. The van der Waals surface area contributed by atoms with Crippen LogP contribution in [0.15, 0.2) is 24.3 Å². The van der Waals surface area contributed by atoms with Crippen molar-refractivity contribution in [3.8, 4) is 17.0 Å². The second-order valence-electron chi connectivity index (χ2n) is 7.00. The number of aliphatic hydroxyl groups is 1. The minimum Gasteiger partial charge on any atom is -0.507 e. The minimum absolute atomic E-state index is 0.0219. The maximum absolute atomic E-state index is 12.9. The summed E-state index contributed by atoms with van der Waals surface area (Å²) < 4.78 is 38.6. The number of hydrogen-bond acceptors (Lipinski definition) is 5. The topological polar surface area (TPSA) is 69.5 Å². The van der Waals surface area contributed by atoms with Crippen LogP contribution in [0, 0.1) is 12.8 Å². The van der Waals surface area contributed by atoms with E-state index in [9.17, 15) is 23.4 Å². The molecule has 2 aromatic rings. The lowest BCUT2D eigenvalue weighted by Gasteiger charge is -2.25. The van der Waals surface area contributed by atoms with Crippen molar-refractivity contribution in [3.63, 3.8) is 0 Å². The van der Waals surface area contributed by atoms with Crippen LogP contribution < -0.4 is 0 Å². The lowest BCUT2D eigenvalue weighted by molar-refractivity contribution is -0.137. The van der Waals surface area contributed by atoms with Gasteiger partial charge in [0.15, 0.2) is 0 Å². The van der Waals surface area contributed by atoms with Gasteiger partial charge in [-0.3, -0.25) is 0 Å². The number of phenols is 1. The minimum atomic E-state index is -4.54. The van der Waals surface area contributed by atoms with Crippen LogP contribution in [0.5, 0.6) is 5.75 Å². The number of rotatable bonds is 7. The first-order valence-corrected chi connectivity index (χ1v) is 9.19. The fourth-order valence-electron chi connectivity index (χ4n) is 3.12. The Balaban J connectivity index is 2.30. The van der Waals surface area contributed by atoms with E-state index in [0.717, 1.165) is 19.0 Å². The summed E-state index contributed by atoms with van der Waals surface area (Å²) in [5, 5.41) is 28.8. The molecule has 2 rings (SSSR count). The second kappa shape index (κ2) is 8.87. The van der Waals surface area contributed by atoms with E-state index in [1.807, 2.05) is 20.9 Å². The Labute approximate surface area is 162 Å². The van der Waals surface area contributed by atoms with Crippen molar-refractivity contribution >= 4 is 0 Å².